The van der Waals surface area contributed by atoms with Gasteiger partial charge in [0, 0.05) is 24.3 Å². The Morgan fingerprint density at radius 2 is 1.88 bits per heavy atom. The summed E-state index contributed by atoms with van der Waals surface area (Å²) in [5.41, 5.74) is 4.91. The van der Waals surface area contributed by atoms with Crippen molar-refractivity contribution >= 4 is 29.7 Å². The van der Waals surface area contributed by atoms with Gasteiger partial charge < -0.3 is 10.2 Å². The minimum absolute atomic E-state index is 0.0295. The molecular formula is C28H32N2O2S. The Morgan fingerprint density at radius 3 is 2.73 bits per heavy atom. The van der Waals surface area contributed by atoms with E-state index in [2.05, 4.69) is 48.6 Å². The fourth-order valence-electron chi connectivity index (χ4n) is 5.62. The third-order valence-electron chi connectivity index (χ3n) is 7.59. The number of nitrogens with zero attached hydrogens (tertiary/aromatic N) is 1. The van der Waals surface area contributed by atoms with Crippen molar-refractivity contribution in [3.63, 3.8) is 0 Å². The lowest BCUT2D eigenvalue weighted by atomic mass is 9.82. The highest BCUT2D eigenvalue weighted by Crippen LogP contribution is 2.43. The van der Waals surface area contributed by atoms with Crippen LogP contribution in [0, 0.1) is 12.8 Å². The number of fused-ring (bicyclic) bond motifs is 2. The average Bonchev–Trinajstić information content (AvgIpc) is 2.84. The number of hydrogen-bond donors (Lipinski definition) is 1. The summed E-state index contributed by atoms with van der Waals surface area (Å²) in [5.74, 6) is 0.201. The van der Waals surface area contributed by atoms with Crippen molar-refractivity contribution in [3.05, 3.63) is 75.7 Å². The zero-order valence-corrected chi connectivity index (χ0v) is 20.2. The van der Waals surface area contributed by atoms with Crippen molar-refractivity contribution < 1.29 is 9.59 Å². The van der Waals surface area contributed by atoms with Gasteiger partial charge in [-0.15, -0.1) is 11.8 Å². The number of likely N-dealkylation sites (N-methyl/N-ethyl adjacent to an activating group) is 1. The minimum atomic E-state index is -0.0295. The van der Waals surface area contributed by atoms with E-state index < -0.39 is 0 Å². The third-order valence-corrected chi connectivity index (χ3v) is 8.99. The normalized spacial score (nSPS) is 28.2. The van der Waals surface area contributed by atoms with Crippen LogP contribution in [0.4, 0.5) is 0 Å². The van der Waals surface area contributed by atoms with E-state index in [1.807, 2.05) is 30.2 Å². The van der Waals surface area contributed by atoms with Gasteiger partial charge in [0.15, 0.2) is 0 Å². The van der Waals surface area contributed by atoms with Gasteiger partial charge in [0.2, 0.25) is 5.91 Å². The predicted molar refractivity (Wildman–Crippen MR) is 135 cm³/mol. The lowest BCUT2D eigenvalue weighted by Crippen LogP contribution is -2.52. The van der Waals surface area contributed by atoms with Crippen LogP contribution >= 0.6 is 11.8 Å². The molecular weight excluding hydrogens is 428 g/mol. The second-order valence-electron chi connectivity index (χ2n) is 9.67. The maximum atomic E-state index is 13.2. The molecule has 2 aliphatic carbocycles. The molecule has 5 rings (SSSR count). The number of hydrogen-bond acceptors (Lipinski definition) is 3. The van der Waals surface area contributed by atoms with Crippen LogP contribution in [-0.2, 0) is 16.0 Å². The molecule has 1 saturated heterocycles. The summed E-state index contributed by atoms with van der Waals surface area (Å²) in [6.07, 6.45) is 7.83. The molecule has 5 heteroatoms. The molecule has 1 saturated carbocycles. The highest BCUT2D eigenvalue weighted by molar-refractivity contribution is 8.04. The van der Waals surface area contributed by atoms with Gasteiger partial charge in [-0.25, -0.2) is 0 Å². The molecule has 4 atom stereocenters. The lowest BCUT2D eigenvalue weighted by molar-refractivity contribution is -0.132. The summed E-state index contributed by atoms with van der Waals surface area (Å²) in [5, 5.41) is 3.70. The molecule has 2 aromatic carbocycles. The summed E-state index contributed by atoms with van der Waals surface area (Å²) in [6, 6.07) is 16.9. The average molecular weight is 461 g/mol. The molecule has 2 aromatic rings. The molecule has 1 aliphatic heterocycles. The Balaban J connectivity index is 1.27. The topological polar surface area (TPSA) is 49.4 Å². The molecule has 0 aromatic heterocycles. The molecule has 2 fully saturated rings. The van der Waals surface area contributed by atoms with Crippen LogP contribution in [0.25, 0.3) is 6.08 Å². The quantitative estimate of drug-likeness (QED) is 0.635. The Hall–Kier alpha value is -2.53. The van der Waals surface area contributed by atoms with Gasteiger partial charge in [-0.3, -0.25) is 9.59 Å². The first-order valence-electron chi connectivity index (χ1n) is 12.1. The Bertz CT molecular complexity index is 1090. The Morgan fingerprint density at radius 1 is 1.09 bits per heavy atom. The number of rotatable bonds is 3. The zero-order chi connectivity index (χ0) is 22.9. The van der Waals surface area contributed by atoms with Crippen molar-refractivity contribution in [2.75, 3.05) is 7.05 Å². The predicted octanol–water partition coefficient (Wildman–Crippen LogP) is 5.27. The van der Waals surface area contributed by atoms with E-state index in [1.54, 1.807) is 11.8 Å². The fraction of sp³-hybridized carbons (Fsp3) is 0.429. The van der Waals surface area contributed by atoms with Gasteiger partial charge in [-0.2, -0.15) is 0 Å². The van der Waals surface area contributed by atoms with E-state index in [0.29, 0.717) is 5.25 Å². The molecule has 4 nitrogen and oxygen atoms in total. The molecule has 33 heavy (non-hydrogen) atoms. The van der Waals surface area contributed by atoms with Crippen LogP contribution in [-0.4, -0.2) is 35.1 Å². The molecule has 0 radical (unpaired) electrons. The van der Waals surface area contributed by atoms with Crippen molar-refractivity contribution in [2.24, 2.45) is 5.92 Å². The first-order chi connectivity index (χ1) is 16.0. The molecule has 1 heterocycles. The second-order valence-corrected chi connectivity index (χ2v) is 10.9. The number of carbonyl (C=O) groups excluding carboxylic acids is 2. The van der Waals surface area contributed by atoms with Crippen molar-refractivity contribution in [1.82, 2.24) is 10.2 Å². The van der Waals surface area contributed by atoms with Gasteiger partial charge in [0.05, 0.1) is 10.9 Å². The smallest absolute Gasteiger partial charge is 0.260 e. The first-order valence-corrected chi connectivity index (χ1v) is 13.0. The second kappa shape index (κ2) is 9.38. The standard InChI is InChI=1S/C28H32N2O2S/c1-18-8-3-4-10-20(18)17-26-28(32)30(2)24-16-21(14-15-25(24)33-26)27(31)29-23-13-7-11-19-9-5-6-12-22(19)23/h3-6,8-10,12,17,21,23-25H,7,11,13-16H2,1-2H3,(H,29,31)/b26-17-. The minimum Gasteiger partial charge on any atom is -0.349 e. The highest BCUT2D eigenvalue weighted by atomic mass is 32.2. The number of carbonyl (C=O) groups is 2. The molecule has 2 amide bonds. The maximum absolute atomic E-state index is 13.2. The van der Waals surface area contributed by atoms with Gasteiger partial charge in [0.1, 0.15) is 0 Å². The van der Waals surface area contributed by atoms with Crippen molar-refractivity contribution in [2.45, 2.75) is 62.8 Å². The molecule has 172 valence electrons. The Labute approximate surface area is 200 Å². The van der Waals surface area contributed by atoms with E-state index in [4.69, 9.17) is 0 Å². The third kappa shape index (κ3) is 4.48. The van der Waals surface area contributed by atoms with Crippen LogP contribution in [0.15, 0.2) is 53.4 Å². The monoisotopic (exact) mass is 460 g/mol. The number of amides is 2. The van der Waals surface area contributed by atoms with Crippen LogP contribution < -0.4 is 5.32 Å². The van der Waals surface area contributed by atoms with Gasteiger partial charge in [-0.05, 0) is 73.8 Å². The van der Waals surface area contributed by atoms with Crippen LogP contribution in [0.1, 0.15) is 60.4 Å². The number of aryl methyl sites for hydroxylation is 2. The summed E-state index contributed by atoms with van der Waals surface area (Å²) >= 11 is 1.71. The van der Waals surface area contributed by atoms with E-state index in [0.717, 1.165) is 49.0 Å². The van der Waals surface area contributed by atoms with Crippen LogP contribution in [0.5, 0.6) is 0 Å². The van der Waals surface area contributed by atoms with Crippen molar-refractivity contribution in [1.29, 1.82) is 0 Å². The van der Waals surface area contributed by atoms with Crippen LogP contribution in [0.2, 0.25) is 0 Å². The summed E-state index contributed by atoms with van der Waals surface area (Å²) in [6.45, 7) is 2.07. The lowest BCUT2D eigenvalue weighted by Gasteiger charge is -2.44. The van der Waals surface area contributed by atoms with Gasteiger partial charge in [0.25, 0.3) is 5.91 Å². The Kier molecular flexibility index (Phi) is 6.33. The summed E-state index contributed by atoms with van der Waals surface area (Å²) in [4.78, 5) is 29.1. The maximum Gasteiger partial charge on any atom is 0.260 e. The molecule has 3 aliphatic rings. The summed E-state index contributed by atoms with van der Waals surface area (Å²) in [7, 11) is 1.91. The SMILES string of the molecule is Cc1ccccc1/C=C1\SC2CCC(C(=O)NC3CCCc4ccccc43)CC2N(C)C1=O. The first kappa shape index (κ1) is 22.3. The van der Waals surface area contributed by atoms with Gasteiger partial charge >= 0.3 is 0 Å². The highest BCUT2D eigenvalue weighted by Gasteiger charge is 2.43. The summed E-state index contributed by atoms with van der Waals surface area (Å²) < 4.78 is 0. The zero-order valence-electron chi connectivity index (χ0n) is 19.4. The number of nitrogens with one attached hydrogen (secondary N) is 1. The van der Waals surface area contributed by atoms with Crippen molar-refractivity contribution in [3.8, 4) is 0 Å². The van der Waals surface area contributed by atoms with E-state index >= 15 is 0 Å². The number of thioether (sulfide) groups is 1. The largest absolute Gasteiger partial charge is 0.349 e. The van der Waals surface area contributed by atoms with Gasteiger partial charge in [-0.1, -0.05) is 48.5 Å². The van der Waals surface area contributed by atoms with Crippen LogP contribution in [0.3, 0.4) is 0 Å². The number of benzene rings is 2. The molecule has 0 bridgehead atoms. The van der Waals surface area contributed by atoms with E-state index in [-0.39, 0.29) is 29.8 Å². The van der Waals surface area contributed by atoms with E-state index in [9.17, 15) is 9.59 Å². The molecule has 4 unspecified atom stereocenters. The fourth-order valence-corrected chi connectivity index (χ4v) is 7.09. The molecule has 1 N–H and O–H groups in total. The molecule has 0 spiro atoms. The van der Waals surface area contributed by atoms with E-state index in [1.165, 1.54) is 16.7 Å².